The molecule has 0 saturated carbocycles. The van der Waals surface area contributed by atoms with E-state index in [4.69, 9.17) is 11.6 Å². The first-order chi connectivity index (χ1) is 5.72. The molecule has 0 aliphatic carbocycles. The van der Waals surface area contributed by atoms with Gasteiger partial charge in [0.15, 0.2) is 0 Å². The maximum atomic E-state index is 12.4. The topological polar surface area (TPSA) is 12.9 Å². The summed E-state index contributed by atoms with van der Waals surface area (Å²) in [6.45, 7) is 0. The Kier molecular flexibility index (Phi) is 3.01. The second-order valence-corrected chi connectivity index (χ2v) is 2.20. The molecule has 0 atom stereocenters. The molecule has 4 heteroatoms. The summed E-state index contributed by atoms with van der Waals surface area (Å²) >= 11 is 5.25. The number of hydrogen-bond acceptors (Lipinski definition) is 1. The number of nitrogens with zero attached hydrogens (tertiary/aromatic N) is 1. The van der Waals surface area contributed by atoms with E-state index in [1.54, 1.807) is 0 Å². The SMILES string of the molecule is Fc1cc(C#CCCl)cc(F)n1. The Hall–Kier alpha value is -1.14. The molecule has 12 heavy (non-hydrogen) atoms. The average Bonchev–Trinajstić information content (AvgIpc) is 1.99. The van der Waals surface area contributed by atoms with Crippen molar-refractivity contribution in [3.8, 4) is 11.8 Å². The lowest BCUT2D eigenvalue weighted by atomic mass is 10.3. The summed E-state index contributed by atoms with van der Waals surface area (Å²) in [7, 11) is 0. The fourth-order valence-corrected chi connectivity index (χ4v) is 0.739. The molecular weight excluding hydrogens is 184 g/mol. The van der Waals surface area contributed by atoms with Gasteiger partial charge < -0.3 is 0 Å². The van der Waals surface area contributed by atoms with Crippen LogP contribution in [0.4, 0.5) is 8.78 Å². The van der Waals surface area contributed by atoms with Gasteiger partial charge in [0, 0.05) is 17.7 Å². The van der Waals surface area contributed by atoms with Crippen LogP contribution in [0, 0.1) is 23.7 Å². The zero-order valence-electron chi connectivity index (χ0n) is 5.94. The molecule has 0 aliphatic rings. The van der Waals surface area contributed by atoms with Gasteiger partial charge in [-0.05, 0) is 0 Å². The van der Waals surface area contributed by atoms with Crippen LogP contribution >= 0.6 is 11.6 Å². The summed E-state index contributed by atoms with van der Waals surface area (Å²) in [4.78, 5) is 2.91. The number of pyridine rings is 1. The number of aromatic nitrogens is 1. The van der Waals surface area contributed by atoms with E-state index in [2.05, 4.69) is 16.8 Å². The summed E-state index contributed by atoms with van der Waals surface area (Å²) in [5.74, 6) is 3.32. The minimum Gasteiger partial charge on any atom is -0.191 e. The van der Waals surface area contributed by atoms with Gasteiger partial charge in [-0.25, -0.2) is 0 Å². The lowest BCUT2D eigenvalue weighted by Crippen LogP contribution is -1.89. The molecule has 0 radical (unpaired) electrons. The van der Waals surface area contributed by atoms with Crippen molar-refractivity contribution in [2.75, 3.05) is 5.88 Å². The summed E-state index contributed by atoms with van der Waals surface area (Å²) in [6, 6.07) is 2.09. The van der Waals surface area contributed by atoms with Crippen molar-refractivity contribution >= 4 is 11.6 Å². The molecule has 0 bridgehead atoms. The lowest BCUT2D eigenvalue weighted by Gasteiger charge is -1.90. The lowest BCUT2D eigenvalue weighted by molar-refractivity contribution is 0.512. The van der Waals surface area contributed by atoms with E-state index in [1.165, 1.54) is 0 Å². The van der Waals surface area contributed by atoms with E-state index in [9.17, 15) is 8.78 Å². The zero-order valence-corrected chi connectivity index (χ0v) is 6.70. The molecule has 0 saturated heterocycles. The van der Waals surface area contributed by atoms with E-state index < -0.39 is 11.9 Å². The smallest absolute Gasteiger partial charge is 0.191 e. The minimum atomic E-state index is -0.881. The predicted octanol–water partition coefficient (Wildman–Crippen LogP) is 1.95. The van der Waals surface area contributed by atoms with E-state index in [0.29, 0.717) is 0 Å². The average molecular weight is 188 g/mol. The molecule has 0 fully saturated rings. The minimum absolute atomic E-state index is 0.131. The van der Waals surface area contributed by atoms with Crippen LogP contribution in [0.2, 0.25) is 0 Å². The van der Waals surface area contributed by atoms with E-state index in [1.807, 2.05) is 0 Å². The van der Waals surface area contributed by atoms with Gasteiger partial charge in [-0.15, -0.1) is 11.6 Å². The molecule has 1 nitrogen and oxygen atoms in total. The highest BCUT2D eigenvalue weighted by Gasteiger charge is 1.98. The molecule has 1 heterocycles. The van der Waals surface area contributed by atoms with E-state index in [-0.39, 0.29) is 11.4 Å². The summed E-state index contributed by atoms with van der Waals surface area (Å²) in [5.41, 5.74) is 0.237. The summed E-state index contributed by atoms with van der Waals surface area (Å²) < 4.78 is 24.8. The number of rotatable bonds is 0. The monoisotopic (exact) mass is 187 g/mol. The third kappa shape index (κ3) is 2.48. The molecule has 0 N–H and O–H groups in total. The van der Waals surface area contributed by atoms with Gasteiger partial charge in [0.1, 0.15) is 0 Å². The molecule has 0 amide bonds. The van der Waals surface area contributed by atoms with Crippen LogP contribution in [0.5, 0.6) is 0 Å². The highest BCUT2D eigenvalue weighted by molar-refractivity contribution is 6.19. The van der Waals surface area contributed by atoms with Crippen molar-refractivity contribution < 1.29 is 8.78 Å². The number of halogens is 3. The van der Waals surface area contributed by atoms with Crippen LogP contribution in [0.15, 0.2) is 12.1 Å². The van der Waals surface area contributed by atoms with Gasteiger partial charge >= 0.3 is 0 Å². The Morgan fingerprint density at radius 2 is 1.92 bits per heavy atom. The molecule has 0 aliphatic heterocycles. The first kappa shape index (κ1) is 8.95. The van der Waals surface area contributed by atoms with Crippen molar-refractivity contribution in [3.63, 3.8) is 0 Å². The Morgan fingerprint density at radius 1 is 1.33 bits per heavy atom. The fourth-order valence-electron chi connectivity index (χ4n) is 0.673. The second-order valence-electron chi connectivity index (χ2n) is 1.94. The van der Waals surface area contributed by atoms with Gasteiger partial charge in [-0.3, -0.25) is 0 Å². The normalized spacial score (nSPS) is 8.92. The van der Waals surface area contributed by atoms with Crippen molar-refractivity contribution in [1.82, 2.24) is 4.98 Å². The third-order valence-corrected chi connectivity index (χ3v) is 1.20. The highest BCUT2D eigenvalue weighted by Crippen LogP contribution is 2.01. The van der Waals surface area contributed by atoms with Crippen LogP contribution in [-0.2, 0) is 0 Å². The second kappa shape index (κ2) is 4.03. The zero-order chi connectivity index (χ0) is 8.97. The van der Waals surface area contributed by atoms with Crippen LogP contribution in [0.1, 0.15) is 5.56 Å². The van der Waals surface area contributed by atoms with Crippen molar-refractivity contribution in [2.24, 2.45) is 0 Å². The number of alkyl halides is 1. The molecule has 0 spiro atoms. The summed E-state index contributed by atoms with van der Waals surface area (Å²) in [6.07, 6.45) is 0. The molecule has 62 valence electrons. The van der Waals surface area contributed by atoms with Gasteiger partial charge in [-0.1, -0.05) is 11.8 Å². The standard InChI is InChI=1S/C8H4ClF2N/c9-3-1-2-6-4-7(10)12-8(11)5-6/h4-5H,3H2. The van der Waals surface area contributed by atoms with Gasteiger partial charge in [0.25, 0.3) is 0 Å². The van der Waals surface area contributed by atoms with Crippen LogP contribution < -0.4 is 0 Å². The molecule has 1 aromatic rings. The van der Waals surface area contributed by atoms with E-state index >= 15 is 0 Å². The maximum absolute atomic E-state index is 12.4. The van der Waals surface area contributed by atoms with E-state index in [0.717, 1.165) is 12.1 Å². The van der Waals surface area contributed by atoms with Gasteiger partial charge in [-0.2, -0.15) is 13.8 Å². The third-order valence-electron chi connectivity index (χ3n) is 1.06. The van der Waals surface area contributed by atoms with Crippen molar-refractivity contribution in [2.45, 2.75) is 0 Å². The number of hydrogen-bond donors (Lipinski definition) is 0. The molecule has 0 unspecified atom stereocenters. The Balaban J connectivity index is 3.01. The Labute approximate surface area is 73.4 Å². The Bertz CT molecular complexity index is 320. The highest BCUT2D eigenvalue weighted by atomic mass is 35.5. The molecule has 1 aromatic heterocycles. The largest absolute Gasteiger partial charge is 0.216 e. The maximum Gasteiger partial charge on any atom is 0.216 e. The first-order valence-electron chi connectivity index (χ1n) is 3.10. The fraction of sp³-hybridized carbons (Fsp3) is 0.125. The van der Waals surface area contributed by atoms with Crippen LogP contribution in [0.25, 0.3) is 0 Å². The first-order valence-corrected chi connectivity index (χ1v) is 3.64. The summed E-state index contributed by atoms with van der Waals surface area (Å²) in [5, 5.41) is 0. The molecular formula is C8H4ClF2N. The predicted molar refractivity (Wildman–Crippen MR) is 41.8 cm³/mol. The van der Waals surface area contributed by atoms with Gasteiger partial charge in [0.2, 0.25) is 11.9 Å². The van der Waals surface area contributed by atoms with Crippen molar-refractivity contribution in [3.05, 3.63) is 29.6 Å². The quantitative estimate of drug-likeness (QED) is 0.344. The molecule has 1 rings (SSSR count). The Morgan fingerprint density at radius 3 is 2.42 bits per heavy atom. The van der Waals surface area contributed by atoms with Crippen LogP contribution in [-0.4, -0.2) is 10.9 Å². The molecule has 0 aromatic carbocycles. The van der Waals surface area contributed by atoms with Crippen LogP contribution in [0.3, 0.4) is 0 Å². The van der Waals surface area contributed by atoms with Crippen molar-refractivity contribution in [1.29, 1.82) is 0 Å². The van der Waals surface area contributed by atoms with Gasteiger partial charge in [0.05, 0.1) is 5.88 Å².